The van der Waals surface area contributed by atoms with Crippen LogP contribution in [-0.4, -0.2) is 29.9 Å². The number of carbonyl (C=O) groups excluding carboxylic acids is 1. The number of halogens is 1. The molecular weight excluding hydrogens is 267 g/mol. The maximum atomic E-state index is 13.9. The van der Waals surface area contributed by atoms with Crippen LogP contribution in [0.3, 0.4) is 0 Å². The Labute approximate surface area is 124 Å². The van der Waals surface area contributed by atoms with Crippen molar-refractivity contribution in [3.8, 4) is 0 Å². The predicted molar refractivity (Wildman–Crippen MR) is 83.7 cm³/mol. The summed E-state index contributed by atoms with van der Waals surface area (Å²) in [4.78, 5) is 14.6. The highest BCUT2D eigenvalue weighted by Crippen LogP contribution is 2.23. The monoisotopic (exact) mass is 288 g/mol. The molecule has 112 valence electrons. The van der Waals surface area contributed by atoms with Crippen molar-refractivity contribution in [1.29, 1.82) is 0 Å². The summed E-state index contributed by atoms with van der Waals surface area (Å²) in [5.41, 5.74) is 6.08. The zero-order valence-corrected chi connectivity index (χ0v) is 12.5. The van der Waals surface area contributed by atoms with Crippen molar-refractivity contribution in [2.24, 2.45) is 5.73 Å². The first-order valence-electron chi connectivity index (χ1n) is 7.24. The van der Waals surface area contributed by atoms with Gasteiger partial charge in [-0.1, -0.05) is 24.3 Å². The van der Waals surface area contributed by atoms with Gasteiger partial charge in [0.25, 0.3) is 5.91 Å². The third-order valence-electron chi connectivity index (χ3n) is 3.59. The van der Waals surface area contributed by atoms with E-state index in [4.69, 9.17) is 5.73 Å². The van der Waals surface area contributed by atoms with Crippen LogP contribution < -0.4 is 5.73 Å². The number of hydrogen-bond acceptors (Lipinski definition) is 2. The van der Waals surface area contributed by atoms with Crippen molar-refractivity contribution in [3.05, 3.63) is 47.8 Å². The highest BCUT2D eigenvalue weighted by Gasteiger charge is 2.20. The van der Waals surface area contributed by atoms with Crippen LogP contribution in [-0.2, 0) is 0 Å². The SMILES string of the molecule is CC(C)N(CCCN)C(=O)c1ccc(F)c2ccccc12. The molecule has 2 rings (SSSR count). The summed E-state index contributed by atoms with van der Waals surface area (Å²) in [7, 11) is 0. The minimum Gasteiger partial charge on any atom is -0.336 e. The number of amides is 1. The van der Waals surface area contributed by atoms with E-state index in [1.54, 1.807) is 29.2 Å². The molecule has 0 saturated heterocycles. The number of benzene rings is 2. The van der Waals surface area contributed by atoms with Gasteiger partial charge in [-0.3, -0.25) is 4.79 Å². The van der Waals surface area contributed by atoms with Crippen molar-refractivity contribution in [3.63, 3.8) is 0 Å². The van der Waals surface area contributed by atoms with E-state index in [1.165, 1.54) is 6.07 Å². The molecule has 0 unspecified atom stereocenters. The molecule has 1 amide bonds. The molecule has 21 heavy (non-hydrogen) atoms. The summed E-state index contributed by atoms with van der Waals surface area (Å²) in [5.74, 6) is -0.380. The van der Waals surface area contributed by atoms with Gasteiger partial charge in [-0.15, -0.1) is 0 Å². The molecule has 2 aromatic rings. The fourth-order valence-electron chi connectivity index (χ4n) is 2.46. The molecule has 0 atom stereocenters. The minimum atomic E-state index is -0.305. The second-order valence-electron chi connectivity index (χ2n) is 5.38. The molecule has 4 heteroatoms. The molecule has 0 aromatic heterocycles. The Hall–Kier alpha value is -1.94. The van der Waals surface area contributed by atoms with Gasteiger partial charge < -0.3 is 10.6 Å². The van der Waals surface area contributed by atoms with E-state index in [2.05, 4.69) is 0 Å². The molecule has 2 N–H and O–H groups in total. The summed E-state index contributed by atoms with van der Waals surface area (Å²) in [5, 5.41) is 1.13. The lowest BCUT2D eigenvalue weighted by atomic mass is 10.0. The predicted octanol–water partition coefficient (Wildman–Crippen LogP) is 3.18. The zero-order chi connectivity index (χ0) is 15.4. The number of fused-ring (bicyclic) bond motifs is 1. The van der Waals surface area contributed by atoms with Crippen LogP contribution in [0.4, 0.5) is 4.39 Å². The highest BCUT2D eigenvalue weighted by atomic mass is 19.1. The van der Waals surface area contributed by atoms with E-state index >= 15 is 0 Å². The first-order valence-corrected chi connectivity index (χ1v) is 7.24. The minimum absolute atomic E-state index is 0.0744. The molecule has 0 aliphatic carbocycles. The highest BCUT2D eigenvalue weighted by molar-refractivity contribution is 6.07. The van der Waals surface area contributed by atoms with Crippen LogP contribution in [0, 0.1) is 5.82 Å². The number of hydrogen-bond donors (Lipinski definition) is 1. The van der Waals surface area contributed by atoms with Crippen molar-refractivity contribution >= 4 is 16.7 Å². The Bertz CT molecular complexity index is 640. The van der Waals surface area contributed by atoms with Crippen molar-refractivity contribution in [1.82, 2.24) is 4.90 Å². The van der Waals surface area contributed by atoms with E-state index in [0.29, 0.717) is 29.4 Å². The first kappa shape index (κ1) is 15.4. The third kappa shape index (κ3) is 3.22. The lowest BCUT2D eigenvalue weighted by Crippen LogP contribution is -2.38. The molecule has 0 fully saturated rings. The van der Waals surface area contributed by atoms with Crippen molar-refractivity contribution in [2.75, 3.05) is 13.1 Å². The van der Waals surface area contributed by atoms with Crippen LogP contribution in [0.1, 0.15) is 30.6 Å². The van der Waals surface area contributed by atoms with E-state index in [9.17, 15) is 9.18 Å². The normalized spacial score (nSPS) is 11.1. The zero-order valence-electron chi connectivity index (χ0n) is 12.5. The Morgan fingerprint density at radius 2 is 1.86 bits per heavy atom. The molecule has 0 bridgehead atoms. The fourth-order valence-corrected chi connectivity index (χ4v) is 2.46. The molecule has 0 spiro atoms. The van der Waals surface area contributed by atoms with Crippen LogP contribution in [0.5, 0.6) is 0 Å². The van der Waals surface area contributed by atoms with Crippen LogP contribution in [0.25, 0.3) is 10.8 Å². The largest absolute Gasteiger partial charge is 0.336 e. The van der Waals surface area contributed by atoms with Crippen LogP contribution in [0.2, 0.25) is 0 Å². The Morgan fingerprint density at radius 1 is 1.19 bits per heavy atom. The number of nitrogens with zero attached hydrogens (tertiary/aromatic N) is 1. The average molecular weight is 288 g/mol. The molecule has 0 heterocycles. The third-order valence-corrected chi connectivity index (χ3v) is 3.59. The van der Waals surface area contributed by atoms with E-state index in [0.717, 1.165) is 6.42 Å². The maximum absolute atomic E-state index is 13.9. The summed E-state index contributed by atoms with van der Waals surface area (Å²) in [6.45, 7) is 5.10. The van der Waals surface area contributed by atoms with Gasteiger partial charge >= 0.3 is 0 Å². The van der Waals surface area contributed by atoms with E-state index < -0.39 is 0 Å². The second kappa shape index (κ2) is 6.68. The Kier molecular flexibility index (Phi) is 4.91. The molecule has 0 aliphatic rings. The lowest BCUT2D eigenvalue weighted by Gasteiger charge is -2.27. The molecular formula is C17H21FN2O. The van der Waals surface area contributed by atoms with Gasteiger partial charge in [0.05, 0.1) is 0 Å². The number of carbonyl (C=O) groups is 1. The number of nitrogens with two attached hydrogens (primary N) is 1. The summed E-state index contributed by atoms with van der Waals surface area (Å²) >= 11 is 0. The van der Waals surface area contributed by atoms with E-state index in [1.807, 2.05) is 19.9 Å². The smallest absolute Gasteiger partial charge is 0.254 e. The molecule has 0 radical (unpaired) electrons. The van der Waals surface area contributed by atoms with Gasteiger partial charge in [-0.2, -0.15) is 0 Å². The summed E-state index contributed by atoms with van der Waals surface area (Å²) in [6.07, 6.45) is 0.753. The molecule has 2 aromatic carbocycles. The van der Waals surface area contributed by atoms with Gasteiger partial charge in [-0.05, 0) is 44.3 Å². The lowest BCUT2D eigenvalue weighted by molar-refractivity contribution is 0.0707. The standard InChI is InChI=1S/C17H21FN2O/c1-12(2)20(11-5-10-19)17(21)15-8-9-16(18)14-7-4-3-6-13(14)15/h3-4,6-9,12H,5,10-11,19H2,1-2H3. The average Bonchev–Trinajstić information content (AvgIpc) is 2.48. The molecule has 3 nitrogen and oxygen atoms in total. The van der Waals surface area contributed by atoms with Gasteiger partial charge in [-0.25, -0.2) is 4.39 Å². The van der Waals surface area contributed by atoms with Gasteiger partial charge in [0.1, 0.15) is 5.82 Å². The van der Waals surface area contributed by atoms with Gasteiger partial charge in [0.2, 0.25) is 0 Å². The van der Waals surface area contributed by atoms with E-state index in [-0.39, 0.29) is 17.8 Å². The topological polar surface area (TPSA) is 46.3 Å². The summed E-state index contributed by atoms with van der Waals surface area (Å²) < 4.78 is 13.9. The molecule has 0 saturated carbocycles. The quantitative estimate of drug-likeness (QED) is 0.918. The second-order valence-corrected chi connectivity index (χ2v) is 5.38. The number of rotatable bonds is 5. The Balaban J connectivity index is 2.45. The van der Waals surface area contributed by atoms with Gasteiger partial charge in [0.15, 0.2) is 0 Å². The van der Waals surface area contributed by atoms with Crippen LogP contribution >= 0.6 is 0 Å². The van der Waals surface area contributed by atoms with Gasteiger partial charge in [0, 0.05) is 23.5 Å². The van der Waals surface area contributed by atoms with Crippen molar-refractivity contribution in [2.45, 2.75) is 26.3 Å². The fraction of sp³-hybridized carbons (Fsp3) is 0.353. The Morgan fingerprint density at radius 3 is 2.48 bits per heavy atom. The maximum Gasteiger partial charge on any atom is 0.254 e. The molecule has 0 aliphatic heterocycles. The van der Waals surface area contributed by atoms with Crippen LogP contribution in [0.15, 0.2) is 36.4 Å². The summed E-state index contributed by atoms with van der Waals surface area (Å²) in [6, 6.07) is 10.1. The van der Waals surface area contributed by atoms with Crippen molar-refractivity contribution < 1.29 is 9.18 Å². The first-order chi connectivity index (χ1) is 10.1.